The third kappa shape index (κ3) is 3.82. The van der Waals surface area contributed by atoms with Crippen LogP contribution in [-0.4, -0.2) is 23.9 Å². The zero-order valence-corrected chi connectivity index (χ0v) is 10.7. The van der Waals surface area contributed by atoms with E-state index in [-0.39, 0.29) is 5.91 Å². The highest BCUT2D eigenvalue weighted by atomic mass is 16.2. The van der Waals surface area contributed by atoms with Crippen molar-refractivity contribution in [2.24, 2.45) is 5.84 Å². The molecule has 0 atom stereocenters. The van der Waals surface area contributed by atoms with E-state index < -0.39 is 0 Å². The van der Waals surface area contributed by atoms with E-state index in [1.54, 1.807) is 0 Å². The molecule has 3 N–H and O–H groups in total. The number of hydrazine groups is 1. The van der Waals surface area contributed by atoms with Crippen LogP contribution in [0.3, 0.4) is 0 Å². The van der Waals surface area contributed by atoms with Gasteiger partial charge < -0.3 is 0 Å². The Morgan fingerprint density at radius 2 is 1.72 bits per heavy atom. The molecule has 1 aromatic rings. The van der Waals surface area contributed by atoms with Crippen LogP contribution in [0.4, 0.5) is 0 Å². The maximum atomic E-state index is 11.1. The van der Waals surface area contributed by atoms with Gasteiger partial charge in [-0.2, -0.15) is 0 Å². The Bertz CT molecular complexity index is 383. The molecule has 1 amide bonds. The van der Waals surface area contributed by atoms with Crippen molar-refractivity contribution in [3.8, 4) is 0 Å². The van der Waals surface area contributed by atoms with Crippen molar-refractivity contribution < 1.29 is 4.79 Å². The number of nitrogens with one attached hydrogen (secondary N) is 1. The lowest BCUT2D eigenvalue weighted by Crippen LogP contribution is -2.31. The van der Waals surface area contributed by atoms with Gasteiger partial charge in [0, 0.05) is 6.54 Å². The first kappa shape index (κ1) is 13.1. The van der Waals surface area contributed by atoms with E-state index in [4.69, 9.17) is 5.84 Å². The largest absolute Gasteiger partial charge is 0.299 e. The Morgan fingerprint density at radius 1 is 1.11 bits per heavy atom. The highest BCUT2D eigenvalue weighted by molar-refractivity contribution is 5.77. The minimum Gasteiger partial charge on any atom is -0.299 e. The fourth-order valence-corrected chi connectivity index (χ4v) is 2.37. The molecule has 0 unspecified atom stereocenters. The number of amides is 1. The first-order valence-corrected chi connectivity index (χ1v) is 6.57. The Labute approximate surface area is 108 Å². The van der Waals surface area contributed by atoms with Crippen LogP contribution in [0.25, 0.3) is 0 Å². The molecule has 1 fully saturated rings. The molecule has 0 aromatic heterocycles. The van der Waals surface area contributed by atoms with E-state index in [9.17, 15) is 4.79 Å². The van der Waals surface area contributed by atoms with Crippen LogP contribution in [0.2, 0.25) is 0 Å². The maximum absolute atomic E-state index is 11.1. The van der Waals surface area contributed by atoms with Crippen molar-refractivity contribution in [2.45, 2.75) is 32.2 Å². The molecule has 1 aliphatic rings. The summed E-state index contributed by atoms with van der Waals surface area (Å²) in [5.41, 5.74) is 4.46. The topological polar surface area (TPSA) is 58.4 Å². The average molecular weight is 247 g/mol. The van der Waals surface area contributed by atoms with Gasteiger partial charge in [-0.15, -0.1) is 0 Å². The number of nitrogens with zero attached hydrogens (tertiary/aromatic N) is 1. The molecule has 4 heteroatoms. The number of piperidine rings is 1. The molecular formula is C14H21N3O. The predicted molar refractivity (Wildman–Crippen MR) is 71.6 cm³/mol. The van der Waals surface area contributed by atoms with Gasteiger partial charge >= 0.3 is 0 Å². The monoisotopic (exact) mass is 247 g/mol. The summed E-state index contributed by atoms with van der Waals surface area (Å²) < 4.78 is 0. The Morgan fingerprint density at radius 3 is 2.33 bits per heavy atom. The lowest BCUT2D eigenvalue weighted by Gasteiger charge is -2.26. The average Bonchev–Trinajstić information content (AvgIpc) is 2.42. The quantitative estimate of drug-likeness (QED) is 0.477. The Balaban J connectivity index is 1.88. The van der Waals surface area contributed by atoms with Gasteiger partial charge in [-0.3, -0.25) is 15.1 Å². The second-order valence-electron chi connectivity index (χ2n) is 4.90. The summed E-state index contributed by atoms with van der Waals surface area (Å²) in [4.78, 5) is 13.6. The number of hydrogen-bond donors (Lipinski definition) is 2. The number of hydrogen-bond acceptors (Lipinski definition) is 3. The summed E-state index contributed by atoms with van der Waals surface area (Å²) in [7, 11) is 0. The Kier molecular flexibility index (Phi) is 4.73. The second-order valence-corrected chi connectivity index (χ2v) is 4.90. The number of likely N-dealkylation sites (tertiary alicyclic amines) is 1. The summed E-state index contributed by atoms with van der Waals surface area (Å²) in [5.74, 6) is 4.91. The molecule has 1 heterocycles. The lowest BCUT2D eigenvalue weighted by atomic mass is 10.1. The second kappa shape index (κ2) is 6.52. The molecule has 18 heavy (non-hydrogen) atoms. The molecule has 0 radical (unpaired) electrons. The van der Waals surface area contributed by atoms with Crippen LogP contribution >= 0.6 is 0 Å². The molecule has 2 rings (SSSR count). The summed E-state index contributed by atoms with van der Waals surface area (Å²) >= 11 is 0. The van der Waals surface area contributed by atoms with Crippen LogP contribution < -0.4 is 11.3 Å². The van der Waals surface area contributed by atoms with E-state index in [1.165, 1.54) is 37.9 Å². The van der Waals surface area contributed by atoms with Gasteiger partial charge in [0.25, 0.3) is 0 Å². The number of nitrogens with two attached hydrogens (primary N) is 1. The summed E-state index contributed by atoms with van der Waals surface area (Å²) in [5, 5.41) is 0. The molecule has 98 valence electrons. The van der Waals surface area contributed by atoms with E-state index in [0.29, 0.717) is 6.42 Å². The van der Waals surface area contributed by atoms with E-state index in [0.717, 1.165) is 12.1 Å². The van der Waals surface area contributed by atoms with Gasteiger partial charge in [-0.25, -0.2) is 5.84 Å². The molecular weight excluding hydrogens is 226 g/mol. The minimum absolute atomic E-state index is 0.154. The predicted octanol–water partition coefficient (Wildman–Crippen LogP) is 1.20. The first-order chi connectivity index (χ1) is 8.78. The van der Waals surface area contributed by atoms with Crippen LogP contribution in [0.15, 0.2) is 24.3 Å². The lowest BCUT2D eigenvalue weighted by molar-refractivity contribution is -0.120. The van der Waals surface area contributed by atoms with E-state index >= 15 is 0 Å². The molecule has 4 nitrogen and oxygen atoms in total. The fraction of sp³-hybridized carbons (Fsp3) is 0.500. The smallest absolute Gasteiger partial charge is 0.238 e. The highest BCUT2D eigenvalue weighted by Gasteiger charge is 2.10. The van der Waals surface area contributed by atoms with Crippen molar-refractivity contribution >= 4 is 5.91 Å². The standard InChI is InChI=1S/C14H21N3O/c15-16-14(18)10-12-4-6-13(7-5-12)11-17-8-2-1-3-9-17/h4-7H,1-3,8-11,15H2,(H,16,18). The van der Waals surface area contributed by atoms with Crippen molar-refractivity contribution in [1.29, 1.82) is 0 Å². The fourth-order valence-electron chi connectivity index (χ4n) is 2.37. The number of carbonyl (C=O) groups excluding carboxylic acids is 1. The number of rotatable bonds is 4. The maximum Gasteiger partial charge on any atom is 0.238 e. The minimum atomic E-state index is -0.154. The summed E-state index contributed by atoms with van der Waals surface area (Å²) in [6.07, 6.45) is 4.34. The molecule has 0 saturated carbocycles. The van der Waals surface area contributed by atoms with E-state index in [1.807, 2.05) is 12.1 Å². The normalized spacial score (nSPS) is 16.5. The molecule has 0 spiro atoms. The zero-order chi connectivity index (χ0) is 12.8. The molecule has 0 bridgehead atoms. The highest BCUT2D eigenvalue weighted by Crippen LogP contribution is 2.13. The van der Waals surface area contributed by atoms with Gasteiger partial charge in [-0.05, 0) is 37.1 Å². The van der Waals surface area contributed by atoms with E-state index in [2.05, 4.69) is 22.5 Å². The first-order valence-electron chi connectivity index (χ1n) is 6.57. The Hall–Kier alpha value is -1.39. The van der Waals surface area contributed by atoms with Gasteiger partial charge in [0.05, 0.1) is 6.42 Å². The molecule has 0 aliphatic carbocycles. The van der Waals surface area contributed by atoms with Crippen LogP contribution in [0, 0.1) is 0 Å². The summed E-state index contributed by atoms with van der Waals surface area (Å²) in [6.45, 7) is 3.43. The number of benzene rings is 1. The molecule has 1 aromatic carbocycles. The van der Waals surface area contributed by atoms with Gasteiger partial charge in [-0.1, -0.05) is 30.7 Å². The van der Waals surface area contributed by atoms with Crippen LogP contribution in [0.5, 0.6) is 0 Å². The van der Waals surface area contributed by atoms with Crippen molar-refractivity contribution in [1.82, 2.24) is 10.3 Å². The van der Waals surface area contributed by atoms with Gasteiger partial charge in [0.1, 0.15) is 0 Å². The van der Waals surface area contributed by atoms with Crippen LogP contribution in [0.1, 0.15) is 30.4 Å². The van der Waals surface area contributed by atoms with Gasteiger partial charge in [0.15, 0.2) is 0 Å². The zero-order valence-electron chi connectivity index (χ0n) is 10.7. The third-order valence-electron chi connectivity index (χ3n) is 3.40. The SMILES string of the molecule is NNC(=O)Cc1ccc(CN2CCCCC2)cc1. The number of carbonyl (C=O) groups is 1. The van der Waals surface area contributed by atoms with Crippen molar-refractivity contribution in [2.75, 3.05) is 13.1 Å². The van der Waals surface area contributed by atoms with Crippen molar-refractivity contribution in [3.63, 3.8) is 0 Å². The summed E-state index contributed by atoms with van der Waals surface area (Å²) in [6, 6.07) is 8.23. The third-order valence-corrected chi connectivity index (χ3v) is 3.40. The van der Waals surface area contributed by atoms with Crippen LogP contribution in [-0.2, 0) is 17.8 Å². The molecule has 1 saturated heterocycles. The van der Waals surface area contributed by atoms with Gasteiger partial charge in [0.2, 0.25) is 5.91 Å². The molecule has 1 aliphatic heterocycles. The van der Waals surface area contributed by atoms with Crippen molar-refractivity contribution in [3.05, 3.63) is 35.4 Å².